The van der Waals surface area contributed by atoms with Crippen molar-refractivity contribution >= 4 is 17.5 Å². The summed E-state index contributed by atoms with van der Waals surface area (Å²) in [5.41, 5.74) is 3.76. The highest BCUT2D eigenvalue weighted by atomic mass is 16.2. The largest absolute Gasteiger partial charge is 0.327 e. The van der Waals surface area contributed by atoms with E-state index in [0.717, 1.165) is 11.1 Å². The molecule has 0 radical (unpaired) electrons. The maximum Gasteiger partial charge on any atom is 0.260 e. The zero-order valence-corrected chi connectivity index (χ0v) is 10.9. The van der Waals surface area contributed by atoms with E-state index in [1.54, 1.807) is 11.0 Å². The van der Waals surface area contributed by atoms with Crippen LogP contribution in [0.25, 0.3) is 0 Å². The van der Waals surface area contributed by atoms with Crippen molar-refractivity contribution < 1.29 is 9.59 Å². The third kappa shape index (κ3) is 1.30. The molecule has 2 aromatic carbocycles. The van der Waals surface area contributed by atoms with Crippen LogP contribution in [0, 0.1) is 6.92 Å². The number of aryl methyl sites for hydroxylation is 1. The highest BCUT2D eigenvalue weighted by Crippen LogP contribution is 2.40. The number of anilines is 1. The van der Waals surface area contributed by atoms with E-state index in [1.807, 2.05) is 43.3 Å². The van der Waals surface area contributed by atoms with Crippen LogP contribution < -0.4 is 10.2 Å². The standard InChI is InChI=1S/C16H12N2O2/c1-9-6-7-13-12(8-9)15(19)17-14-10-4-2-3-5-11(10)16(20)18(13)14/h2-8,14H,1H3,(H,17,19). The first-order chi connectivity index (χ1) is 9.66. The van der Waals surface area contributed by atoms with E-state index < -0.39 is 0 Å². The van der Waals surface area contributed by atoms with E-state index in [2.05, 4.69) is 5.32 Å². The van der Waals surface area contributed by atoms with Gasteiger partial charge in [0.1, 0.15) is 6.17 Å². The van der Waals surface area contributed by atoms with Crippen molar-refractivity contribution in [3.05, 3.63) is 64.7 Å². The van der Waals surface area contributed by atoms with Gasteiger partial charge in [-0.2, -0.15) is 0 Å². The smallest absolute Gasteiger partial charge is 0.260 e. The molecule has 2 aliphatic heterocycles. The van der Waals surface area contributed by atoms with Gasteiger partial charge in [0, 0.05) is 11.1 Å². The van der Waals surface area contributed by atoms with Gasteiger partial charge < -0.3 is 5.32 Å². The lowest BCUT2D eigenvalue weighted by atomic mass is 10.0. The van der Waals surface area contributed by atoms with Crippen LogP contribution in [-0.4, -0.2) is 11.8 Å². The molecular weight excluding hydrogens is 252 g/mol. The van der Waals surface area contributed by atoms with E-state index in [-0.39, 0.29) is 18.0 Å². The Hall–Kier alpha value is -2.62. The molecule has 0 fully saturated rings. The minimum atomic E-state index is -0.388. The Morgan fingerprint density at radius 3 is 2.70 bits per heavy atom. The fourth-order valence-electron chi connectivity index (χ4n) is 2.95. The molecular formula is C16H12N2O2. The normalized spacial score (nSPS) is 19.2. The minimum absolute atomic E-state index is 0.0595. The summed E-state index contributed by atoms with van der Waals surface area (Å²) in [4.78, 5) is 26.5. The number of nitrogens with one attached hydrogen (secondary N) is 1. The second kappa shape index (κ2) is 3.70. The number of benzene rings is 2. The molecule has 2 amide bonds. The van der Waals surface area contributed by atoms with Crippen molar-refractivity contribution in [2.75, 3.05) is 4.90 Å². The van der Waals surface area contributed by atoms with E-state index >= 15 is 0 Å². The Labute approximate surface area is 116 Å². The first kappa shape index (κ1) is 11.2. The molecule has 0 spiro atoms. The summed E-state index contributed by atoms with van der Waals surface area (Å²) in [6.07, 6.45) is -0.388. The molecule has 0 bridgehead atoms. The van der Waals surface area contributed by atoms with Gasteiger partial charge in [0.05, 0.1) is 11.3 Å². The molecule has 4 rings (SSSR count). The number of carbonyl (C=O) groups excluding carboxylic acids is 2. The maximum atomic E-state index is 12.6. The molecule has 20 heavy (non-hydrogen) atoms. The van der Waals surface area contributed by atoms with Crippen LogP contribution >= 0.6 is 0 Å². The molecule has 2 aromatic rings. The summed E-state index contributed by atoms with van der Waals surface area (Å²) >= 11 is 0. The van der Waals surface area contributed by atoms with Crippen LogP contribution in [0.1, 0.15) is 38.0 Å². The van der Waals surface area contributed by atoms with Crippen LogP contribution in [0.5, 0.6) is 0 Å². The molecule has 1 N–H and O–H groups in total. The van der Waals surface area contributed by atoms with Gasteiger partial charge in [-0.3, -0.25) is 14.5 Å². The number of hydrogen-bond acceptors (Lipinski definition) is 2. The van der Waals surface area contributed by atoms with Gasteiger partial charge in [-0.25, -0.2) is 0 Å². The van der Waals surface area contributed by atoms with Crippen molar-refractivity contribution in [3.63, 3.8) is 0 Å². The highest BCUT2D eigenvalue weighted by Gasteiger charge is 2.42. The molecule has 1 unspecified atom stereocenters. The van der Waals surface area contributed by atoms with Crippen LogP contribution in [0.4, 0.5) is 5.69 Å². The van der Waals surface area contributed by atoms with E-state index in [9.17, 15) is 9.59 Å². The van der Waals surface area contributed by atoms with Crippen LogP contribution in [-0.2, 0) is 0 Å². The third-order valence-corrected chi connectivity index (χ3v) is 3.89. The SMILES string of the molecule is Cc1ccc2c(c1)C(=O)NC1c3ccccc3C(=O)N21. The van der Waals surface area contributed by atoms with E-state index in [4.69, 9.17) is 0 Å². The van der Waals surface area contributed by atoms with Crippen molar-refractivity contribution in [1.82, 2.24) is 5.32 Å². The number of rotatable bonds is 0. The molecule has 0 aliphatic carbocycles. The molecule has 0 aromatic heterocycles. The molecule has 4 nitrogen and oxygen atoms in total. The summed E-state index contributed by atoms with van der Waals surface area (Å²) in [6, 6.07) is 13.0. The summed E-state index contributed by atoms with van der Waals surface area (Å²) in [6.45, 7) is 1.93. The Balaban J connectivity index is 1.96. The molecule has 2 aliphatic rings. The Kier molecular flexibility index (Phi) is 2.07. The number of fused-ring (bicyclic) bond motifs is 5. The first-order valence-electron chi connectivity index (χ1n) is 6.51. The van der Waals surface area contributed by atoms with Gasteiger partial charge >= 0.3 is 0 Å². The lowest BCUT2D eigenvalue weighted by Gasteiger charge is -2.32. The van der Waals surface area contributed by atoms with Crippen LogP contribution in [0.2, 0.25) is 0 Å². The van der Waals surface area contributed by atoms with E-state index in [0.29, 0.717) is 16.8 Å². The monoisotopic (exact) mass is 264 g/mol. The van der Waals surface area contributed by atoms with Crippen molar-refractivity contribution in [3.8, 4) is 0 Å². The molecule has 0 saturated carbocycles. The average molecular weight is 264 g/mol. The molecule has 0 saturated heterocycles. The second-order valence-corrected chi connectivity index (χ2v) is 5.16. The van der Waals surface area contributed by atoms with Gasteiger partial charge in [0.2, 0.25) is 0 Å². The fourth-order valence-corrected chi connectivity index (χ4v) is 2.95. The topological polar surface area (TPSA) is 49.4 Å². The minimum Gasteiger partial charge on any atom is -0.327 e. The highest BCUT2D eigenvalue weighted by molar-refractivity contribution is 6.16. The number of amides is 2. The summed E-state index contributed by atoms with van der Waals surface area (Å²) in [5, 5.41) is 2.91. The average Bonchev–Trinajstić information content (AvgIpc) is 2.73. The predicted octanol–water partition coefficient (Wildman–Crippen LogP) is 2.40. The molecule has 1 atom stereocenters. The Bertz CT molecular complexity index is 767. The molecule has 98 valence electrons. The predicted molar refractivity (Wildman–Crippen MR) is 74.6 cm³/mol. The van der Waals surface area contributed by atoms with Gasteiger partial charge in [-0.05, 0) is 25.1 Å². The second-order valence-electron chi connectivity index (χ2n) is 5.16. The molecule has 2 heterocycles. The van der Waals surface area contributed by atoms with Gasteiger partial charge in [-0.1, -0.05) is 29.8 Å². The zero-order chi connectivity index (χ0) is 13.9. The van der Waals surface area contributed by atoms with Crippen molar-refractivity contribution in [1.29, 1.82) is 0 Å². The lowest BCUT2D eigenvalue weighted by molar-refractivity contribution is 0.0912. The first-order valence-corrected chi connectivity index (χ1v) is 6.51. The van der Waals surface area contributed by atoms with Crippen LogP contribution in [0.15, 0.2) is 42.5 Å². The summed E-state index contributed by atoms with van der Waals surface area (Å²) in [7, 11) is 0. The maximum absolute atomic E-state index is 12.6. The van der Waals surface area contributed by atoms with Crippen molar-refractivity contribution in [2.45, 2.75) is 13.1 Å². The summed E-state index contributed by atoms with van der Waals surface area (Å²) < 4.78 is 0. The van der Waals surface area contributed by atoms with Gasteiger partial charge in [-0.15, -0.1) is 0 Å². The van der Waals surface area contributed by atoms with Gasteiger partial charge in [0.25, 0.3) is 11.8 Å². The summed E-state index contributed by atoms with van der Waals surface area (Å²) in [5.74, 6) is -0.190. The Morgan fingerprint density at radius 1 is 1.05 bits per heavy atom. The fraction of sp³-hybridized carbons (Fsp3) is 0.125. The van der Waals surface area contributed by atoms with Crippen LogP contribution in [0.3, 0.4) is 0 Å². The zero-order valence-electron chi connectivity index (χ0n) is 10.9. The van der Waals surface area contributed by atoms with Gasteiger partial charge in [0.15, 0.2) is 0 Å². The van der Waals surface area contributed by atoms with Crippen molar-refractivity contribution in [2.24, 2.45) is 0 Å². The van der Waals surface area contributed by atoms with E-state index in [1.165, 1.54) is 0 Å². The number of hydrogen-bond donors (Lipinski definition) is 1. The number of carbonyl (C=O) groups is 2. The Morgan fingerprint density at radius 2 is 1.85 bits per heavy atom. The number of nitrogens with zero attached hydrogens (tertiary/aromatic N) is 1. The quantitative estimate of drug-likeness (QED) is 0.794. The lowest BCUT2D eigenvalue weighted by Crippen LogP contribution is -2.45. The molecule has 4 heteroatoms. The third-order valence-electron chi connectivity index (χ3n) is 3.89.